The van der Waals surface area contributed by atoms with Crippen LogP contribution in [0.1, 0.15) is 0 Å². The quantitative estimate of drug-likeness (QED) is 0.407. The third-order valence-corrected chi connectivity index (χ3v) is 3.96. The van der Waals surface area contributed by atoms with Crippen molar-refractivity contribution >= 4 is 57.4 Å². The fraction of sp³-hybridized carbons (Fsp3) is 0.0667. The lowest BCUT2D eigenvalue weighted by atomic mass is 10.2. The summed E-state index contributed by atoms with van der Waals surface area (Å²) in [6.45, 7) is 0. The number of amidine groups is 1. The van der Waals surface area contributed by atoms with E-state index in [2.05, 4.69) is 9.98 Å². The number of nitrogens with two attached hydrogens (primary N) is 1. The van der Waals surface area contributed by atoms with Crippen LogP contribution in [0.4, 0.5) is 5.69 Å². The summed E-state index contributed by atoms with van der Waals surface area (Å²) < 4.78 is 5.72. The van der Waals surface area contributed by atoms with Crippen molar-refractivity contribution in [3.8, 4) is 11.5 Å². The minimum Gasteiger partial charge on any atom is -0.436 e. The van der Waals surface area contributed by atoms with Crippen molar-refractivity contribution in [3.05, 3.63) is 46.4 Å². The fourth-order valence-electron chi connectivity index (χ4n) is 1.93. The van der Waals surface area contributed by atoms with Gasteiger partial charge in [0, 0.05) is 5.56 Å². The van der Waals surface area contributed by atoms with Crippen molar-refractivity contribution in [2.75, 3.05) is 5.88 Å². The van der Waals surface area contributed by atoms with E-state index < -0.39 is 0 Å². The van der Waals surface area contributed by atoms with Crippen molar-refractivity contribution in [1.29, 1.82) is 0 Å². The number of aliphatic imine (C=N–C) groups is 1. The number of hydrogen-bond donors (Lipinski definition) is 1. The standard InChI is InChI=1S/C15H10Cl3N3O/c16-7-14(19)20-9-2-4-13-12(6-9)21-15(22-13)8-1-3-10(17)11(18)5-8/h1-6H,7H2,(H2,19,20). The van der Waals surface area contributed by atoms with Gasteiger partial charge in [0.1, 0.15) is 11.4 Å². The first-order valence-electron chi connectivity index (χ1n) is 6.32. The van der Waals surface area contributed by atoms with Gasteiger partial charge in [-0.15, -0.1) is 11.6 Å². The zero-order valence-corrected chi connectivity index (χ0v) is 13.5. The maximum atomic E-state index is 6.02. The lowest BCUT2D eigenvalue weighted by Crippen LogP contribution is -2.12. The summed E-state index contributed by atoms with van der Waals surface area (Å²) in [7, 11) is 0. The van der Waals surface area contributed by atoms with Gasteiger partial charge in [0.15, 0.2) is 5.58 Å². The Bertz CT molecular complexity index is 874. The number of benzene rings is 2. The third-order valence-electron chi connectivity index (χ3n) is 2.95. The topological polar surface area (TPSA) is 64.4 Å². The Labute approximate surface area is 141 Å². The monoisotopic (exact) mass is 353 g/mol. The van der Waals surface area contributed by atoms with Crippen LogP contribution >= 0.6 is 34.8 Å². The average molecular weight is 355 g/mol. The maximum absolute atomic E-state index is 6.02. The predicted octanol–water partition coefficient (Wildman–Crippen LogP) is 5.03. The molecule has 0 fully saturated rings. The van der Waals surface area contributed by atoms with Crippen LogP contribution in [0.2, 0.25) is 10.0 Å². The number of aromatic nitrogens is 1. The van der Waals surface area contributed by atoms with Crippen LogP contribution in [0, 0.1) is 0 Å². The summed E-state index contributed by atoms with van der Waals surface area (Å²) in [4.78, 5) is 8.61. The smallest absolute Gasteiger partial charge is 0.227 e. The van der Waals surface area contributed by atoms with E-state index in [1.54, 1.807) is 36.4 Å². The van der Waals surface area contributed by atoms with Gasteiger partial charge in [-0.1, -0.05) is 23.2 Å². The van der Waals surface area contributed by atoms with Gasteiger partial charge in [0.05, 0.1) is 21.6 Å². The molecule has 2 aromatic carbocycles. The molecule has 0 aliphatic heterocycles. The van der Waals surface area contributed by atoms with Gasteiger partial charge in [-0.2, -0.15) is 0 Å². The van der Waals surface area contributed by atoms with Crippen LogP contribution in [0.15, 0.2) is 45.8 Å². The normalized spacial score (nSPS) is 12.0. The summed E-state index contributed by atoms with van der Waals surface area (Å²) in [5, 5.41) is 0.927. The molecule has 7 heteroatoms. The zero-order chi connectivity index (χ0) is 15.7. The molecule has 3 rings (SSSR count). The molecule has 112 valence electrons. The summed E-state index contributed by atoms with van der Waals surface area (Å²) in [5.74, 6) is 0.972. The highest BCUT2D eigenvalue weighted by Gasteiger charge is 2.10. The van der Waals surface area contributed by atoms with Crippen molar-refractivity contribution in [3.63, 3.8) is 0 Å². The van der Waals surface area contributed by atoms with Crippen LogP contribution in [0.3, 0.4) is 0 Å². The molecule has 1 aromatic heterocycles. The molecule has 0 spiro atoms. The van der Waals surface area contributed by atoms with E-state index in [9.17, 15) is 0 Å². The molecule has 4 nitrogen and oxygen atoms in total. The van der Waals surface area contributed by atoms with Crippen LogP contribution in [0.5, 0.6) is 0 Å². The number of nitrogens with zero attached hydrogens (tertiary/aromatic N) is 2. The Morgan fingerprint density at radius 1 is 1.14 bits per heavy atom. The molecule has 0 amide bonds. The van der Waals surface area contributed by atoms with E-state index in [4.69, 9.17) is 45.0 Å². The molecule has 3 aromatic rings. The van der Waals surface area contributed by atoms with Gasteiger partial charge in [-0.05, 0) is 36.4 Å². The fourth-order valence-corrected chi connectivity index (χ4v) is 2.29. The number of oxazole rings is 1. The van der Waals surface area contributed by atoms with Crippen molar-refractivity contribution in [2.24, 2.45) is 10.7 Å². The second-order valence-electron chi connectivity index (χ2n) is 4.54. The minimum absolute atomic E-state index is 0.172. The second-order valence-corrected chi connectivity index (χ2v) is 5.62. The Morgan fingerprint density at radius 2 is 1.95 bits per heavy atom. The van der Waals surface area contributed by atoms with Crippen LogP contribution < -0.4 is 5.73 Å². The van der Waals surface area contributed by atoms with Crippen molar-refractivity contribution in [1.82, 2.24) is 4.98 Å². The first kappa shape index (κ1) is 15.2. The number of hydrogen-bond acceptors (Lipinski definition) is 3. The maximum Gasteiger partial charge on any atom is 0.227 e. The SMILES string of the molecule is NC(CCl)=Nc1ccc2oc(-c3ccc(Cl)c(Cl)c3)nc2c1. The highest BCUT2D eigenvalue weighted by Crippen LogP contribution is 2.31. The summed E-state index contributed by atoms with van der Waals surface area (Å²) in [6, 6.07) is 10.5. The van der Waals surface area contributed by atoms with Gasteiger partial charge in [0.25, 0.3) is 0 Å². The molecule has 1 heterocycles. The Hall–Kier alpha value is -1.75. The van der Waals surface area contributed by atoms with Gasteiger partial charge in [-0.25, -0.2) is 9.98 Å². The van der Waals surface area contributed by atoms with E-state index in [-0.39, 0.29) is 5.88 Å². The van der Waals surface area contributed by atoms with E-state index in [0.717, 1.165) is 5.56 Å². The lowest BCUT2D eigenvalue weighted by molar-refractivity contribution is 0.620. The molecule has 0 atom stereocenters. The van der Waals surface area contributed by atoms with Crippen LogP contribution in [-0.4, -0.2) is 16.7 Å². The molecule has 0 radical (unpaired) electrons. The first-order chi connectivity index (χ1) is 10.6. The Morgan fingerprint density at radius 3 is 2.68 bits per heavy atom. The summed E-state index contributed by atoms with van der Waals surface area (Å²) in [5.41, 5.74) is 8.35. The zero-order valence-electron chi connectivity index (χ0n) is 11.2. The van der Waals surface area contributed by atoms with E-state index in [0.29, 0.717) is 38.6 Å². The molecule has 0 bridgehead atoms. The molecular formula is C15H10Cl3N3O. The van der Waals surface area contributed by atoms with Gasteiger partial charge in [0.2, 0.25) is 5.89 Å². The number of rotatable bonds is 3. The third kappa shape index (κ3) is 3.04. The molecule has 0 aliphatic carbocycles. The average Bonchev–Trinajstić information content (AvgIpc) is 2.93. The van der Waals surface area contributed by atoms with Crippen molar-refractivity contribution in [2.45, 2.75) is 0 Å². The molecule has 0 aliphatic rings. The number of alkyl halides is 1. The Kier molecular flexibility index (Phi) is 4.25. The molecule has 0 saturated heterocycles. The van der Waals surface area contributed by atoms with Crippen molar-refractivity contribution < 1.29 is 4.42 Å². The summed E-state index contributed by atoms with van der Waals surface area (Å²) in [6.07, 6.45) is 0. The van der Waals surface area contributed by atoms with Gasteiger partial charge >= 0.3 is 0 Å². The number of fused-ring (bicyclic) bond motifs is 1. The molecule has 22 heavy (non-hydrogen) atoms. The molecule has 0 unspecified atom stereocenters. The minimum atomic E-state index is 0.172. The van der Waals surface area contributed by atoms with Gasteiger partial charge < -0.3 is 10.2 Å². The largest absolute Gasteiger partial charge is 0.436 e. The molecule has 2 N–H and O–H groups in total. The van der Waals surface area contributed by atoms with E-state index in [1.807, 2.05) is 0 Å². The van der Waals surface area contributed by atoms with Crippen LogP contribution in [0.25, 0.3) is 22.6 Å². The second kappa shape index (κ2) is 6.16. The van der Waals surface area contributed by atoms with E-state index in [1.165, 1.54) is 0 Å². The van der Waals surface area contributed by atoms with Crippen LogP contribution in [-0.2, 0) is 0 Å². The van der Waals surface area contributed by atoms with E-state index >= 15 is 0 Å². The Balaban J connectivity index is 2.04. The summed E-state index contributed by atoms with van der Waals surface area (Å²) >= 11 is 17.5. The first-order valence-corrected chi connectivity index (χ1v) is 7.61. The lowest BCUT2D eigenvalue weighted by Gasteiger charge is -1.97. The molecule has 0 saturated carbocycles. The molecular weight excluding hydrogens is 345 g/mol. The highest BCUT2D eigenvalue weighted by molar-refractivity contribution is 6.42. The number of halogens is 3. The predicted molar refractivity (Wildman–Crippen MR) is 91.5 cm³/mol. The highest BCUT2D eigenvalue weighted by atomic mass is 35.5. The van der Waals surface area contributed by atoms with Gasteiger partial charge in [-0.3, -0.25) is 0 Å².